The SMILES string of the molecule is N[C@@H](Cc1c[nH]c2ccccc12)C(=O)NCc1ncon1. The number of rotatable bonds is 5. The number of nitrogens with one attached hydrogen (secondary N) is 2. The van der Waals surface area contributed by atoms with Crippen molar-refractivity contribution in [2.75, 3.05) is 0 Å². The first-order chi connectivity index (χ1) is 10.2. The molecule has 0 spiro atoms. The molecule has 7 heteroatoms. The van der Waals surface area contributed by atoms with E-state index in [1.165, 1.54) is 6.39 Å². The van der Waals surface area contributed by atoms with E-state index in [2.05, 4.69) is 25.0 Å². The fourth-order valence-corrected chi connectivity index (χ4v) is 2.20. The van der Waals surface area contributed by atoms with Crippen LogP contribution in [0.3, 0.4) is 0 Å². The number of fused-ring (bicyclic) bond motifs is 1. The molecule has 21 heavy (non-hydrogen) atoms. The van der Waals surface area contributed by atoms with Crippen LogP contribution in [-0.2, 0) is 17.8 Å². The van der Waals surface area contributed by atoms with Gasteiger partial charge in [-0.1, -0.05) is 23.4 Å². The zero-order valence-corrected chi connectivity index (χ0v) is 11.2. The van der Waals surface area contributed by atoms with Crippen LogP contribution in [0.1, 0.15) is 11.4 Å². The number of aromatic amines is 1. The molecule has 0 aliphatic rings. The maximum absolute atomic E-state index is 12.0. The Morgan fingerprint density at radius 2 is 2.29 bits per heavy atom. The van der Waals surface area contributed by atoms with Gasteiger partial charge in [-0.05, 0) is 18.1 Å². The molecule has 0 bridgehead atoms. The second-order valence-corrected chi connectivity index (χ2v) is 4.74. The van der Waals surface area contributed by atoms with Gasteiger partial charge in [0.05, 0.1) is 12.6 Å². The van der Waals surface area contributed by atoms with E-state index < -0.39 is 6.04 Å². The molecule has 0 fully saturated rings. The zero-order valence-electron chi connectivity index (χ0n) is 11.2. The summed E-state index contributed by atoms with van der Waals surface area (Å²) in [6, 6.07) is 7.28. The van der Waals surface area contributed by atoms with Gasteiger partial charge < -0.3 is 20.6 Å². The van der Waals surface area contributed by atoms with E-state index >= 15 is 0 Å². The maximum Gasteiger partial charge on any atom is 0.237 e. The minimum Gasteiger partial charge on any atom is -0.361 e. The second kappa shape index (κ2) is 5.76. The van der Waals surface area contributed by atoms with Crippen LogP contribution in [0, 0.1) is 0 Å². The number of nitrogens with two attached hydrogens (primary N) is 1. The Morgan fingerprint density at radius 3 is 3.10 bits per heavy atom. The third kappa shape index (κ3) is 2.92. The minimum absolute atomic E-state index is 0.205. The monoisotopic (exact) mass is 285 g/mol. The van der Waals surface area contributed by atoms with Crippen LogP contribution in [0.15, 0.2) is 41.4 Å². The summed E-state index contributed by atoms with van der Waals surface area (Å²) >= 11 is 0. The zero-order chi connectivity index (χ0) is 14.7. The number of nitrogens with zero attached hydrogens (tertiary/aromatic N) is 2. The van der Waals surface area contributed by atoms with Crippen LogP contribution in [-0.4, -0.2) is 27.1 Å². The molecule has 0 aliphatic carbocycles. The molecule has 0 saturated heterocycles. The average Bonchev–Trinajstić information content (AvgIpc) is 3.15. The summed E-state index contributed by atoms with van der Waals surface area (Å²) in [6.45, 7) is 0.205. The van der Waals surface area contributed by atoms with Crippen LogP contribution in [0.2, 0.25) is 0 Å². The number of amides is 1. The van der Waals surface area contributed by atoms with Crippen LogP contribution in [0.25, 0.3) is 10.9 Å². The van der Waals surface area contributed by atoms with Gasteiger partial charge in [0, 0.05) is 17.1 Å². The van der Waals surface area contributed by atoms with Gasteiger partial charge in [0.15, 0.2) is 5.82 Å². The number of carbonyl (C=O) groups is 1. The van der Waals surface area contributed by atoms with Crippen molar-refractivity contribution in [1.82, 2.24) is 20.4 Å². The van der Waals surface area contributed by atoms with Crippen molar-refractivity contribution in [3.05, 3.63) is 48.2 Å². The number of H-pyrrole nitrogens is 1. The molecular weight excluding hydrogens is 270 g/mol. The number of carbonyl (C=O) groups excluding carboxylic acids is 1. The molecule has 2 aromatic heterocycles. The van der Waals surface area contributed by atoms with E-state index in [-0.39, 0.29) is 12.5 Å². The summed E-state index contributed by atoms with van der Waals surface area (Å²) in [6.07, 6.45) is 3.56. The molecule has 1 aromatic carbocycles. The number of benzene rings is 1. The molecule has 0 unspecified atom stereocenters. The highest BCUT2D eigenvalue weighted by Crippen LogP contribution is 2.18. The summed E-state index contributed by atoms with van der Waals surface area (Å²) in [4.78, 5) is 19.0. The van der Waals surface area contributed by atoms with E-state index in [4.69, 9.17) is 5.73 Å². The molecule has 7 nitrogen and oxygen atoms in total. The van der Waals surface area contributed by atoms with Gasteiger partial charge in [0.1, 0.15) is 0 Å². The largest absolute Gasteiger partial charge is 0.361 e. The first-order valence-corrected chi connectivity index (χ1v) is 6.57. The lowest BCUT2D eigenvalue weighted by molar-refractivity contribution is -0.122. The van der Waals surface area contributed by atoms with Crippen molar-refractivity contribution in [3.8, 4) is 0 Å². The van der Waals surface area contributed by atoms with Gasteiger partial charge in [-0.2, -0.15) is 4.98 Å². The third-order valence-corrected chi connectivity index (χ3v) is 3.28. The third-order valence-electron chi connectivity index (χ3n) is 3.28. The van der Waals surface area contributed by atoms with E-state index in [0.717, 1.165) is 16.5 Å². The van der Waals surface area contributed by atoms with Crippen LogP contribution < -0.4 is 11.1 Å². The van der Waals surface area contributed by atoms with E-state index in [9.17, 15) is 4.79 Å². The summed E-state index contributed by atoms with van der Waals surface area (Å²) in [5.74, 6) is 0.174. The van der Waals surface area contributed by atoms with E-state index in [0.29, 0.717) is 12.2 Å². The minimum atomic E-state index is -0.629. The molecule has 4 N–H and O–H groups in total. The lowest BCUT2D eigenvalue weighted by atomic mass is 10.1. The fraction of sp³-hybridized carbons (Fsp3) is 0.214. The van der Waals surface area contributed by atoms with Crippen molar-refractivity contribution in [2.24, 2.45) is 5.73 Å². The standard InChI is InChI=1S/C14H15N5O2/c15-11(14(20)17-7-13-18-8-21-19-13)5-9-6-16-12-4-2-1-3-10(9)12/h1-4,6,8,11,16H,5,7,15H2,(H,17,20)/t11-/m0/s1. The van der Waals surface area contributed by atoms with Gasteiger partial charge in [0.2, 0.25) is 12.3 Å². The summed E-state index contributed by atoms with van der Waals surface area (Å²) in [5.41, 5.74) is 8.00. The molecule has 2 heterocycles. The van der Waals surface area contributed by atoms with Crippen molar-refractivity contribution in [2.45, 2.75) is 19.0 Å². The van der Waals surface area contributed by atoms with Gasteiger partial charge in [-0.25, -0.2) is 0 Å². The van der Waals surface area contributed by atoms with Crippen LogP contribution in [0.5, 0.6) is 0 Å². The van der Waals surface area contributed by atoms with Crippen molar-refractivity contribution in [1.29, 1.82) is 0 Å². The molecule has 0 radical (unpaired) electrons. The first kappa shape index (κ1) is 13.3. The first-order valence-electron chi connectivity index (χ1n) is 6.57. The topological polar surface area (TPSA) is 110 Å². The number of hydrogen-bond acceptors (Lipinski definition) is 5. The predicted octanol–water partition coefficient (Wildman–Crippen LogP) is 0.737. The van der Waals surface area contributed by atoms with Crippen LogP contribution in [0.4, 0.5) is 0 Å². The Hall–Kier alpha value is -2.67. The summed E-state index contributed by atoms with van der Waals surface area (Å²) < 4.78 is 4.59. The molecule has 1 amide bonds. The molecule has 0 saturated carbocycles. The van der Waals surface area contributed by atoms with Gasteiger partial charge >= 0.3 is 0 Å². The van der Waals surface area contributed by atoms with Crippen molar-refractivity contribution in [3.63, 3.8) is 0 Å². The predicted molar refractivity (Wildman–Crippen MR) is 76.1 cm³/mol. The normalized spacial score (nSPS) is 12.4. The highest BCUT2D eigenvalue weighted by atomic mass is 16.5. The Kier molecular flexibility index (Phi) is 3.65. The van der Waals surface area contributed by atoms with Gasteiger partial charge in [0.25, 0.3) is 0 Å². The molecule has 0 aliphatic heterocycles. The Morgan fingerprint density at radius 1 is 1.43 bits per heavy atom. The van der Waals surface area contributed by atoms with E-state index in [1.807, 2.05) is 30.5 Å². The fourth-order valence-electron chi connectivity index (χ4n) is 2.20. The lowest BCUT2D eigenvalue weighted by Crippen LogP contribution is -2.41. The second-order valence-electron chi connectivity index (χ2n) is 4.74. The molecule has 3 rings (SSSR count). The van der Waals surface area contributed by atoms with Crippen molar-refractivity contribution < 1.29 is 9.32 Å². The highest BCUT2D eigenvalue weighted by Gasteiger charge is 2.16. The Bertz CT molecular complexity index is 735. The highest BCUT2D eigenvalue weighted by molar-refractivity contribution is 5.86. The molecular formula is C14H15N5O2. The molecule has 3 aromatic rings. The van der Waals surface area contributed by atoms with Crippen molar-refractivity contribution >= 4 is 16.8 Å². The van der Waals surface area contributed by atoms with Gasteiger partial charge in [-0.15, -0.1) is 0 Å². The van der Waals surface area contributed by atoms with E-state index in [1.54, 1.807) is 0 Å². The number of hydrogen-bond donors (Lipinski definition) is 3. The summed E-state index contributed by atoms with van der Waals surface area (Å²) in [7, 11) is 0. The smallest absolute Gasteiger partial charge is 0.237 e. The Labute approximate surface area is 120 Å². The lowest BCUT2D eigenvalue weighted by Gasteiger charge is -2.10. The number of para-hydroxylation sites is 1. The Balaban J connectivity index is 1.62. The quantitative estimate of drug-likeness (QED) is 0.640. The maximum atomic E-state index is 12.0. The average molecular weight is 285 g/mol. The van der Waals surface area contributed by atoms with Gasteiger partial charge in [-0.3, -0.25) is 4.79 Å². The molecule has 108 valence electrons. The van der Waals surface area contributed by atoms with Crippen LogP contribution >= 0.6 is 0 Å². The number of aromatic nitrogens is 3. The summed E-state index contributed by atoms with van der Waals surface area (Å²) in [5, 5.41) is 7.39. The molecule has 1 atom stereocenters.